The summed E-state index contributed by atoms with van der Waals surface area (Å²) in [6, 6.07) is 28.0. The normalized spacial score (nSPS) is 16.8. The van der Waals surface area contributed by atoms with Crippen LogP contribution in [0.3, 0.4) is 0 Å². The lowest BCUT2D eigenvalue weighted by atomic mass is 9.98. The van der Waals surface area contributed by atoms with Crippen molar-refractivity contribution in [3.63, 3.8) is 0 Å². The lowest BCUT2D eigenvalue weighted by molar-refractivity contribution is -0.146. The summed E-state index contributed by atoms with van der Waals surface area (Å²) < 4.78 is 44.5. The van der Waals surface area contributed by atoms with Gasteiger partial charge in [-0.2, -0.15) is 13.2 Å². The number of methoxy groups -OCH3 is 1. The van der Waals surface area contributed by atoms with Crippen molar-refractivity contribution in [2.24, 2.45) is 5.92 Å². The maximum absolute atomic E-state index is 14.3. The smallest absolute Gasteiger partial charge is 0.416 e. The molecule has 2 atom stereocenters. The topological polar surface area (TPSA) is 66.9 Å². The van der Waals surface area contributed by atoms with E-state index in [4.69, 9.17) is 4.74 Å². The summed E-state index contributed by atoms with van der Waals surface area (Å²) >= 11 is 0. The molecule has 4 aromatic rings. The van der Waals surface area contributed by atoms with Crippen LogP contribution >= 0.6 is 0 Å². The van der Waals surface area contributed by atoms with Gasteiger partial charge in [-0.05, 0) is 77.8 Å². The Morgan fingerprint density at radius 3 is 1.92 bits per heavy atom. The van der Waals surface area contributed by atoms with Gasteiger partial charge in [0.1, 0.15) is 6.04 Å². The summed E-state index contributed by atoms with van der Waals surface area (Å²) in [6.45, 7) is 0.785. The average molecular weight is 655 g/mol. The van der Waals surface area contributed by atoms with Crippen LogP contribution in [0.5, 0.6) is 0 Å². The molecule has 48 heavy (non-hydrogen) atoms. The molecule has 0 bridgehead atoms. The molecule has 1 saturated carbocycles. The minimum atomic E-state index is -4.43. The number of hydrogen-bond acceptors (Lipinski definition) is 4. The van der Waals surface area contributed by atoms with Crippen LogP contribution in [0.25, 0.3) is 22.3 Å². The zero-order valence-electron chi connectivity index (χ0n) is 26.7. The number of benzene rings is 4. The molecule has 0 aromatic heterocycles. The van der Waals surface area contributed by atoms with Crippen molar-refractivity contribution < 1.29 is 32.3 Å². The van der Waals surface area contributed by atoms with Crippen LogP contribution in [-0.2, 0) is 26.9 Å². The van der Waals surface area contributed by atoms with Crippen molar-refractivity contribution in [2.75, 3.05) is 20.2 Å². The summed E-state index contributed by atoms with van der Waals surface area (Å²) in [5.74, 6) is -0.810. The highest BCUT2D eigenvalue weighted by molar-refractivity contribution is 5.97. The second-order valence-corrected chi connectivity index (χ2v) is 12.5. The fraction of sp³-hybridized carbons (Fsp3) is 0.308. The molecule has 1 aliphatic carbocycles. The highest BCUT2D eigenvalue weighted by Crippen LogP contribution is 2.35. The molecule has 2 amide bonds. The largest absolute Gasteiger partial charge is 0.467 e. The molecule has 9 heteroatoms. The monoisotopic (exact) mass is 654 g/mol. The van der Waals surface area contributed by atoms with Gasteiger partial charge in [-0.15, -0.1) is 0 Å². The molecule has 0 N–H and O–H groups in total. The van der Waals surface area contributed by atoms with Crippen molar-refractivity contribution in [2.45, 2.75) is 50.4 Å². The number of alkyl halides is 3. The van der Waals surface area contributed by atoms with Crippen molar-refractivity contribution >= 4 is 17.8 Å². The average Bonchev–Trinajstić information content (AvgIpc) is 3.87. The number of hydrogen-bond donors (Lipinski definition) is 0. The van der Waals surface area contributed by atoms with Crippen molar-refractivity contribution in [3.05, 3.63) is 120 Å². The molecular formula is C39H37F3N2O4. The standard InChI is InChI=1S/C39H37F3N2O4/c1-48-38(47)35(24-26-9-11-28(12-10-26)27-6-3-2-4-7-27)44(25-34-8-5-23-43(34)36(45)31-17-18-31)37(46)32-15-13-29(14-16-32)30-19-21-33(22-20-30)39(40,41)42/h2-4,6-7,9-16,19-22,31,34-35H,5,8,17-18,23-25H2,1H3. The Morgan fingerprint density at radius 2 is 1.35 bits per heavy atom. The second-order valence-electron chi connectivity index (χ2n) is 12.5. The molecule has 0 spiro atoms. The number of carbonyl (C=O) groups excluding carboxylic acids is 3. The molecule has 6 rings (SSSR count). The van der Waals surface area contributed by atoms with Crippen LogP contribution < -0.4 is 0 Å². The molecule has 6 nitrogen and oxygen atoms in total. The molecule has 1 heterocycles. The van der Waals surface area contributed by atoms with Gasteiger partial charge >= 0.3 is 12.1 Å². The Morgan fingerprint density at radius 1 is 0.792 bits per heavy atom. The lowest BCUT2D eigenvalue weighted by Gasteiger charge is -2.35. The third kappa shape index (κ3) is 7.46. The summed E-state index contributed by atoms with van der Waals surface area (Å²) in [4.78, 5) is 44.3. The van der Waals surface area contributed by atoms with Gasteiger partial charge in [0.15, 0.2) is 0 Å². The first-order valence-electron chi connectivity index (χ1n) is 16.2. The fourth-order valence-corrected chi connectivity index (χ4v) is 6.43. The van der Waals surface area contributed by atoms with Crippen LogP contribution in [0.15, 0.2) is 103 Å². The highest BCUT2D eigenvalue weighted by atomic mass is 19.4. The molecule has 2 aliphatic rings. The van der Waals surface area contributed by atoms with Crippen molar-refractivity contribution in [1.82, 2.24) is 9.80 Å². The second kappa shape index (κ2) is 14.1. The van der Waals surface area contributed by atoms with Crippen molar-refractivity contribution in [3.8, 4) is 22.3 Å². The van der Waals surface area contributed by atoms with E-state index in [1.807, 2.05) is 59.5 Å². The van der Waals surface area contributed by atoms with Gasteiger partial charge in [-0.3, -0.25) is 9.59 Å². The van der Waals surface area contributed by atoms with E-state index in [9.17, 15) is 27.6 Å². The Kier molecular flexibility index (Phi) is 9.66. The zero-order chi connectivity index (χ0) is 33.8. The number of likely N-dealkylation sites (tertiary alicyclic amines) is 1. The third-order valence-corrected chi connectivity index (χ3v) is 9.27. The van der Waals surface area contributed by atoms with E-state index >= 15 is 0 Å². The first-order chi connectivity index (χ1) is 23.1. The Hall–Kier alpha value is -4.92. The number of esters is 1. The molecule has 248 valence electrons. The predicted molar refractivity (Wildman–Crippen MR) is 177 cm³/mol. The van der Waals surface area contributed by atoms with Crippen LogP contribution in [0.4, 0.5) is 13.2 Å². The van der Waals surface area contributed by atoms with Gasteiger partial charge in [0.2, 0.25) is 5.91 Å². The van der Waals surface area contributed by atoms with Crippen LogP contribution in [0.1, 0.15) is 47.2 Å². The van der Waals surface area contributed by atoms with Gasteiger partial charge < -0.3 is 14.5 Å². The maximum Gasteiger partial charge on any atom is 0.416 e. The Balaban J connectivity index is 1.29. The highest BCUT2D eigenvalue weighted by Gasteiger charge is 2.41. The molecule has 1 saturated heterocycles. The first kappa shape index (κ1) is 33.0. The quantitative estimate of drug-likeness (QED) is 0.165. The molecule has 2 unspecified atom stereocenters. The van der Waals surface area contributed by atoms with Crippen LogP contribution in [0.2, 0.25) is 0 Å². The van der Waals surface area contributed by atoms with Gasteiger partial charge in [-0.25, -0.2) is 4.79 Å². The molecular weight excluding hydrogens is 617 g/mol. The van der Waals surface area contributed by atoms with E-state index in [-0.39, 0.29) is 30.8 Å². The molecule has 1 aliphatic heterocycles. The summed E-state index contributed by atoms with van der Waals surface area (Å²) in [5.41, 5.74) is 3.73. The SMILES string of the molecule is COC(=O)C(Cc1ccc(-c2ccccc2)cc1)N(CC1CCCN1C(=O)C1CC1)C(=O)c1ccc(-c2ccc(C(F)(F)F)cc2)cc1. The Bertz CT molecular complexity index is 1740. The predicted octanol–water partition coefficient (Wildman–Crippen LogP) is 7.67. The van der Waals surface area contributed by atoms with Gasteiger partial charge in [0.05, 0.1) is 12.7 Å². The zero-order valence-corrected chi connectivity index (χ0v) is 26.7. The molecule has 2 fully saturated rings. The number of halogens is 3. The van der Waals surface area contributed by atoms with E-state index in [1.165, 1.54) is 24.1 Å². The van der Waals surface area contributed by atoms with E-state index in [1.54, 1.807) is 24.3 Å². The maximum atomic E-state index is 14.3. The Labute approximate surface area is 278 Å². The van der Waals surface area contributed by atoms with Crippen molar-refractivity contribution in [1.29, 1.82) is 0 Å². The number of ether oxygens (including phenoxy) is 1. The third-order valence-electron chi connectivity index (χ3n) is 9.27. The number of rotatable bonds is 10. The van der Waals surface area contributed by atoms with E-state index < -0.39 is 29.7 Å². The summed E-state index contributed by atoms with van der Waals surface area (Å²) in [6.07, 6.45) is -0.942. The summed E-state index contributed by atoms with van der Waals surface area (Å²) in [5, 5.41) is 0. The van der Waals surface area contributed by atoms with Gasteiger partial charge in [0, 0.05) is 37.0 Å². The van der Waals surface area contributed by atoms with Gasteiger partial charge in [0.25, 0.3) is 5.91 Å². The summed E-state index contributed by atoms with van der Waals surface area (Å²) in [7, 11) is 1.30. The fourth-order valence-electron chi connectivity index (χ4n) is 6.43. The van der Waals surface area contributed by atoms with E-state index in [0.29, 0.717) is 23.2 Å². The number of carbonyl (C=O) groups is 3. The van der Waals surface area contributed by atoms with Crippen LogP contribution in [-0.4, -0.2) is 59.9 Å². The van der Waals surface area contributed by atoms with E-state index in [2.05, 4.69) is 0 Å². The number of amides is 2. The van der Waals surface area contributed by atoms with E-state index in [0.717, 1.165) is 54.5 Å². The molecule has 0 radical (unpaired) electrons. The van der Waals surface area contributed by atoms with Gasteiger partial charge in [-0.1, -0.05) is 78.9 Å². The van der Waals surface area contributed by atoms with Crippen LogP contribution in [0, 0.1) is 5.92 Å². The first-order valence-corrected chi connectivity index (χ1v) is 16.2. The minimum Gasteiger partial charge on any atom is -0.467 e. The lowest BCUT2D eigenvalue weighted by Crippen LogP contribution is -2.53. The minimum absolute atomic E-state index is 0.0343. The number of nitrogens with zero attached hydrogens (tertiary/aromatic N) is 2. The molecule has 4 aromatic carbocycles.